The number of carbonyl (C=O) groups excluding carboxylic acids is 4. The van der Waals surface area contributed by atoms with Crippen LogP contribution >= 0.6 is 11.3 Å². The van der Waals surface area contributed by atoms with E-state index in [-0.39, 0.29) is 35.3 Å². The molecule has 4 heterocycles. The molecule has 2 saturated heterocycles. The molecule has 2 aliphatic heterocycles. The first-order valence-corrected chi connectivity index (χ1v) is 13.5. The SMILES string of the molecule is CC(C)(C)CC(NC(=O)Oc1csc2ccccc12)C(=O)N1CCC2C1C(=O)CN2C(=O)c1ccccn1. The molecule has 1 aromatic carbocycles. The van der Waals surface area contributed by atoms with Crippen molar-refractivity contribution in [2.75, 3.05) is 13.1 Å². The molecule has 10 heteroatoms. The van der Waals surface area contributed by atoms with Gasteiger partial charge in [0.1, 0.15) is 17.8 Å². The molecule has 38 heavy (non-hydrogen) atoms. The summed E-state index contributed by atoms with van der Waals surface area (Å²) < 4.78 is 6.58. The summed E-state index contributed by atoms with van der Waals surface area (Å²) in [5.74, 6) is -0.426. The molecule has 5 rings (SSSR count). The van der Waals surface area contributed by atoms with Crippen LogP contribution in [0, 0.1) is 5.41 Å². The number of aromatic nitrogens is 1. The van der Waals surface area contributed by atoms with E-state index in [2.05, 4.69) is 10.3 Å². The molecule has 2 aromatic heterocycles. The van der Waals surface area contributed by atoms with Crippen molar-refractivity contribution in [1.82, 2.24) is 20.1 Å². The maximum absolute atomic E-state index is 13.8. The van der Waals surface area contributed by atoms with Gasteiger partial charge in [-0.15, -0.1) is 11.3 Å². The monoisotopic (exact) mass is 534 g/mol. The standard InChI is InChI=1S/C28H30N4O5S/c1-28(2,3)14-19(30-27(36)37-22-16-38-23-10-5-4-8-17(22)23)26(35)31-13-11-20-24(31)21(33)15-32(20)25(34)18-9-6-7-12-29-18/h4-10,12,16,19-20,24H,11,13-15H2,1-3H3,(H,30,36). The highest BCUT2D eigenvalue weighted by Crippen LogP contribution is 2.34. The first-order valence-electron chi connectivity index (χ1n) is 12.6. The quantitative estimate of drug-likeness (QED) is 0.532. The van der Waals surface area contributed by atoms with Gasteiger partial charge in [-0.05, 0) is 42.5 Å². The Kier molecular flexibility index (Phi) is 6.92. The summed E-state index contributed by atoms with van der Waals surface area (Å²) in [5.41, 5.74) is -0.0237. The van der Waals surface area contributed by atoms with Crippen LogP contribution in [-0.4, -0.2) is 69.7 Å². The maximum Gasteiger partial charge on any atom is 0.413 e. The average molecular weight is 535 g/mol. The molecule has 1 N–H and O–H groups in total. The summed E-state index contributed by atoms with van der Waals surface area (Å²) in [4.78, 5) is 60.0. The molecular weight excluding hydrogens is 504 g/mol. The molecule has 3 aromatic rings. The smallest absolute Gasteiger partial charge is 0.409 e. The number of rotatable bonds is 5. The minimum Gasteiger partial charge on any atom is -0.409 e. The molecule has 3 unspecified atom stereocenters. The van der Waals surface area contributed by atoms with Gasteiger partial charge in [-0.25, -0.2) is 4.79 Å². The number of thiophene rings is 1. The number of pyridine rings is 1. The van der Waals surface area contributed by atoms with Gasteiger partial charge in [0.2, 0.25) is 5.91 Å². The third-order valence-electron chi connectivity index (χ3n) is 6.91. The van der Waals surface area contributed by atoms with Crippen molar-refractivity contribution in [3.63, 3.8) is 0 Å². The van der Waals surface area contributed by atoms with Crippen molar-refractivity contribution in [3.8, 4) is 5.75 Å². The van der Waals surface area contributed by atoms with E-state index in [1.165, 1.54) is 27.3 Å². The Bertz CT molecular complexity index is 1380. The van der Waals surface area contributed by atoms with Crippen LogP contribution in [0.5, 0.6) is 5.75 Å². The fourth-order valence-corrected chi connectivity index (χ4v) is 6.15. The van der Waals surface area contributed by atoms with Gasteiger partial charge < -0.3 is 19.9 Å². The maximum atomic E-state index is 13.8. The van der Waals surface area contributed by atoms with Crippen LogP contribution in [0.4, 0.5) is 4.79 Å². The van der Waals surface area contributed by atoms with E-state index in [9.17, 15) is 19.2 Å². The second kappa shape index (κ2) is 10.2. The Hall–Kier alpha value is -3.79. The molecule has 0 aliphatic carbocycles. The van der Waals surface area contributed by atoms with Crippen LogP contribution in [0.3, 0.4) is 0 Å². The highest BCUT2D eigenvalue weighted by Gasteiger charge is 2.52. The van der Waals surface area contributed by atoms with Crippen molar-refractivity contribution in [1.29, 1.82) is 0 Å². The number of benzene rings is 1. The zero-order valence-electron chi connectivity index (χ0n) is 21.5. The van der Waals surface area contributed by atoms with Gasteiger partial charge in [0.25, 0.3) is 5.91 Å². The van der Waals surface area contributed by atoms with Gasteiger partial charge >= 0.3 is 6.09 Å². The molecule has 0 saturated carbocycles. The van der Waals surface area contributed by atoms with Gasteiger partial charge in [-0.2, -0.15) is 0 Å². The van der Waals surface area contributed by atoms with Crippen molar-refractivity contribution in [2.45, 2.75) is 51.7 Å². The Morgan fingerprint density at radius 3 is 2.63 bits per heavy atom. The Balaban J connectivity index is 1.32. The summed E-state index contributed by atoms with van der Waals surface area (Å²) in [6.07, 6.45) is 1.64. The van der Waals surface area contributed by atoms with Crippen LogP contribution in [0.1, 0.15) is 44.1 Å². The van der Waals surface area contributed by atoms with Crippen LogP contribution in [0.15, 0.2) is 54.0 Å². The number of carbonyl (C=O) groups is 4. The topological polar surface area (TPSA) is 109 Å². The van der Waals surface area contributed by atoms with Crippen LogP contribution in [-0.2, 0) is 9.59 Å². The minimum absolute atomic E-state index is 0.0703. The molecule has 3 atom stereocenters. The summed E-state index contributed by atoms with van der Waals surface area (Å²) in [7, 11) is 0. The van der Waals surface area contributed by atoms with E-state index >= 15 is 0 Å². The van der Waals surface area contributed by atoms with E-state index in [4.69, 9.17) is 4.74 Å². The molecule has 3 amide bonds. The third-order valence-corrected chi connectivity index (χ3v) is 7.85. The number of nitrogens with zero attached hydrogens (tertiary/aromatic N) is 3. The lowest BCUT2D eigenvalue weighted by Gasteiger charge is -2.31. The van der Waals surface area contributed by atoms with Crippen molar-refractivity contribution >= 4 is 45.1 Å². The van der Waals surface area contributed by atoms with Gasteiger partial charge in [0.05, 0.1) is 12.6 Å². The van der Waals surface area contributed by atoms with Crippen molar-refractivity contribution < 1.29 is 23.9 Å². The number of nitrogens with one attached hydrogen (secondary N) is 1. The van der Waals surface area contributed by atoms with E-state index in [1.54, 1.807) is 23.6 Å². The summed E-state index contributed by atoms with van der Waals surface area (Å²) >= 11 is 1.47. The Labute approximate surface area is 224 Å². The number of ketones is 1. The number of likely N-dealkylation sites (tertiary alicyclic amines) is 2. The largest absolute Gasteiger partial charge is 0.413 e. The highest BCUT2D eigenvalue weighted by atomic mass is 32.1. The molecule has 0 radical (unpaired) electrons. The van der Waals surface area contributed by atoms with Gasteiger partial charge in [-0.3, -0.25) is 19.4 Å². The fraction of sp³-hybridized carbons (Fsp3) is 0.393. The number of fused-ring (bicyclic) bond motifs is 2. The van der Waals surface area contributed by atoms with Gasteiger partial charge in [0, 0.05) is 28.2 Å². The number of hydrogen-bond donors (Lipinski definition) is 1. The van der Waals surface area contributed by atoms with Gasteiger partial charge in [0.15, 0.2) is 11.5 Å². The molecule has 0 spiro atoms. The average Bonchev–Trinajstić information content (AvgIpc) is 3.58. The predicted octanol–water partition coefficient (Wildman–Crippen LogP) is 3.88. The number of Topliss-reactive ketones (excluding diaryl/α,β-unsaturated/α-hetero) is 1. The zero-order chi connectivity index (χ0) is 27.0. The predicted molar refractivity (Wildman–Crippen MR) is 143 cm³/mol. The highest BCUT2D eigenvalue weighted by molar-refractivity contribution is 7.17. The lowest BCUT2D eigenvalue weighted by atomic mass is 9.87. The molecule has 9 nitrogen and oxygen atoms in total. The summed E-state index contributed by atoms with van der Waals surface area (Å²) in [6.45, 7) is 6.19. The van der Waals surface area contributed by atoms with Crippen molar-refractivity contribution in [2.24, 2.45) is 5.41 Å². The minimum atomic E-state index is -0.889. The normalized spacial score (nSPS) is 19.9. The van der Waals surface area contributed by atoms with E-state index < -0.39 is 24.2 Å². The Morgan fingerprint density at radius 1 is 1.13 bits per heavy atom. The molecule has 198 valence electrons. The zero-order valence-corrected chi connectivity index (χ0v) is 22.4. The van der Waals surface area contributed by atoms with Crippen LogP contribution < -0.4 is 10.1 Å². The number of amides is 3. The summed E-state index contributed by atoms with van der Waals surface area (Å²) in [5, 5.41) is 5.34. The summed E-state index contributed by atoms with van der Waals surface area (Å²) in [6, 6.07) is 10.6. The second-order valence-corrected chi connectivity index (χ2v) is 11.8. The fourth-order valence-electron chi connectivity index (χ4n) is 5.29. The first-order chi connectivity index (χ1) is 18.1. The van der Waals surface area contributed by atoms with E-state index in [1.807, 2.05) is 45.0 Å². The van der Waals surface area contributed by atoms with Crippen LogP contribution in [0.2, 0.25) is 0 Å². The molecule has 2 aliphatic rings. The van der Waals surface area contributed by atoms with E-state index in [0.717, 1.165) is 10.1 Å². The lowest BCUT2D eigenvalue weighted by molar-refractivity contribution is -0.138. The number of hydrogen-bond acceptors (Lipinski definition) is 7. The Morgan fingerprint density at radius 2 is 1.89 bits per heavy atom. The number of ether oxygens (including phenoxy) is 1. The first kappa shape index (κ1) is 25.8. The van der Waals surface area contributed by atoms with Crippen LogP contribution in [0.25, 0.3) is 10.1 Å². The lowest BCUT2D eigenvalue weighted by Crippen LogP contribution is -2.54. The van der Waals surface area contributed by atoms with Crippen molar-refractivity contribution in [3.05, 3.63) is 59.7 Å². The van der Waals surface area contributed by atoms with E-state index in [0.29, 0.717) is 25.1 Å². The van der Waals surface area contributed by atoms with Gasteiger partial charge in [-0.1, -0.05) is 39.0 Å². The molecule has 2 fully saturated rings. The molecular formula is C28H30N4O5S. The molecule has 0 bridgehead atoms. The third kappa shape index (κ3) is 5.13. The second-order valence-electron chi connectivity index (χ2n) is 10.9.